The number of phenolic OH excluding ortho intramolecular Hbond substituents is 1. The van der Waals surface area contributed by atoms with Crippen LogP contribution in [-0.2, 0) is 0 Å². The Morgan fingerprint density at radius 2 is 1.87 bits per heavy atom. The van der Waals surface area contributed by atoms with Crippen molar-refractivity contribution in [2.24, 2.45) is 5.73 Å². The Morgan fingerprint density at radius 1 is 1.05 bits per heavy atom. The minimum absolute atomic E-state index is 0.0216. The molecule has 0 radical (unpaired) electrons. The summed E-state index contributed by atoms with van der Waals surface area (Å²) >= 11 is 0. The summed E-state index contributed by atoms with van der Waals surface area (Å²) in [5, 5.41) is 12.5. The fourth-order valence-corrected chi connectivity index (χ4v) is 6.87. The van der Waals surface area contributed by atoms with E-state index in [1.807, 2.05) is 24.3 Å². The van der Waals surface area contributed by atoms with Gasteiger partial charge in [0.1, 0.15) is 29.4 Å². The molecule has 3 fully saturated rings. The molecule has 8 nitrogen and oxygen atoms in total. The molecule has 3 N–H and O–H groups in total. The summed E-state index contributed by atoms with van der Waals surface area (Å²) in [6.45, 7) is 4.09. The number of aromatic nitrogens is 3. The number of hydrogen-bond acceptors (Lipinski definition) is 8. The molecule has 0 unspecified atom stereocenters. The first kappa shape index (κ1) is 24.5. The molecule has 3 saturated heterocycles. The summed E-state index contributed by atoms with van der Waals surface area (Å²) in [6.07, 6.45) is 8.05. The number of halogens is 1. The van der Waals surface area contributed by atoms with Crippen LogP contribution in [0.5, 0.6) is 11.8 Å². The van der Waals surface area contributed by atoms with Crippen LogP contribution in [0.25, 0.3) is 32.9 Å². The minimum Gasteiger partial charge on any atom is -0.508 e. The molecule has 0 spiro atoms. The molecule has 4 aromatic rings. The smallest absolute Gasteiger partial charge is 0.319 e. The quantitative estimate of drug-likeness (QED) is 0.387. The van der Waals surface area contributed by atoms with Crippen molar-refractivity contribution in [3.8, 4) is 23.0 Å². The largest absolute Gasteiger partial charge is 0.508 e. The van der Waals surface area contributed by atoms with Crippen molar-refractivity contribution in [3.63, 3.8) is 0 Å². The van der Waals surface area contributed by atoms with E-state index in [0.29, 0.717) is 29.9 Å². The number of rotatable bonds is 5. The molecular weight excluding hydrogens is 495 g/mol. The van der Waals surface area contributed by atoms with Crippen molar-refractivity contribution in [2.45, 2.75) is 50.1 Å². The van der Waals surface area contributed by atoms with Crippen molar-refractivity contribution >= 4 is 27.5 Å². The molecule has 5 heterocycles. The maximum absolute atomic E-state index is 16.4. The highest BCUT2D eigenvalue weighted by molar-refractivity contribution is 5.99. The van der Waals surface area contributed by atoms with E-state index in [4.69, 9.17) is 15.5 Å². The summed E-state index contributed by atoms with van der Waals surface area (Å²) in [4.78, 5) is 18.6. The van der Waals surface area contributed by atoms with Gasteiger partial charge >= 0.3 is 6.01 Å². The van der Waals surface area contributed by atoms with Crippen molar-refractivity contribution in [1.82, 2.24) is 19.9 Å². The number of fused-ring (bicyclic) bond motifs is 3. The number of pyridine rings is 1. The summed E-state index contributed by atoms with van der Waals surface area (Å²) in [7, 11) is 0. The molecule has 0 bridgehead atoms. The first-order valence-electron chi connectivity index (χ1n) is 14.0. The zero-order chi connectivity index (χ0) is 26.6. The number of nitrogens with zero attached hydrogens (tertiary/aromatic N) is 5. The van der Waals surface area contributed by atoms with Crippen molar-refractivity contribution in [3.05, 3.63) is 48.4 Å². The second-order valence-corrected chi connectivity index (χ2v) is 11.3. The fourth-order valence-electron chi connectivity index (χ4n) is 6.87. The van der Waals surface area contributed by atoms with Crippen LogP contribution in [-0.4, -0.2) is 69.3 Å². The lowest BCUT2D eigenvalue weighted by Gasteiger charge is -2.33. The van der Waals surface area contributed by atoms with Gasteiger partial charge < -0.3 is 20.5 Å². The Balaban J connectivity index is 1.35. The normalized spacial score (nSPS) is 21.1. The molecule has 7 rings (SSSR count). The van der Waals surface area contributed by atoms with Crippen LogP contribution in [0.1, 0.15) is 38.5 Å². The van der Waals surface area contributed by atoms with Crippen molar-refractivity contribution in [1.29, 1.82) is 0 Å². The Hall–Kier alpha value is -3.56. The molecular formula is C30H33FN6O2. The van der Waals surface area contributed by atoms with Gasteiger partial charge in [0.2, 0.25) is 0 Å². The van der Waals surface area contributed by atoms with Crippen LogP contribution >= 0.6 is 0 Å². The average Bonchev–Trinajstić information content (AvgIpc) is 3.52. The number of hydrogen-bond donors (Lipinski definition) is 2. The zero-order valence-electron chi connectivity index (χ0n) is 21.9. The zero-order valence-corrected chi connectivity index (χ0v) is 21.9. The predicted octanol–water partition coefficient (Wildman–Crippen LogP) is 4.62. The van der Waals surface area contributed by atoms with Gasteiger partial charge in [0.05, 0.1) is 10.9 Å². The Bertz CT molecular complexity index is 1550. The van der Waals surface area contributed by atoms with Crippen LogP contribution in [0.2, 0.25) is 0 Å². The Morgan fingerprint density at radius 3 is 2.69 bits per heavy atom. The molecule has 9 heteroatoms. The maximum atomic E-state index is 16.4. The molecule has 2 aromatic carbocycles. The molecule has 3 aliphatic rings. The lowest BCUT2D eigenvalue weighted by atomic mass is 9.95. The highest BCUT2D eigenvalue weighted by Gasteiger charge is 2.45. The molecule has 0 aliphatic carbocycles. The third-order valence-corrected chi connectivity index (χ3v) is 8.78. The van der Waals surface area contributed by atoms with Gasteiger partial charge in [-0.15, -0.1) is 0 Å². The van der Waals surface area contributed by atoms with Crippen LogP contribution in [0.4, 0.5) is 10.2 Å². The second-order valence-electron chi connectivity index (χ2n) is 11.3. The maximum Gasteiger partial charge on any atom is 0.319 e. The molecule has 202 valence electrons. The number of anilines is 1. The average molecular weight is 529 g/mol. The van der Waals surface area contributed by atoms with E-state index in [2.05, 4.69) is 19.8 Å². The molecule has 39 heavy (non-hydrogen) atoms. The lowest BCUT2D eigenvalue weighted by Crippen LogP contribution is -2.44. The standard InChI is InChI=1S/C30H33FN6O2/c31-25-26(23-15-21(38)14-19-6-1-2-8-22(19)23)33-16-24-27(25)34-29(35-28(24)36-11-3-7-20(32)17-36)39-18-30-9-4-12-37(30)13-5-10-30/h1-2,6,8,14-16,20,38H,3-5,7,9-13,17-18,32H2/t20-/m0/s1. The second kappa shape index (κ2) is 9.57. The number of piperidine rings is 1. The van der Waals surface area contributed by atoms with Gasteiger partial charge in [0, 0.05) is 30.9 Å². The summed E-state index contributed by atoms with van der Waals surface area (Å²) in [6, 6.07) is 11.0. The third-order valence-electron chi connectivity index (χ3n) is 8.78. The summed E-state index contributed by atoms with van der Waals surface area (Å²) in [5.74, 6) is 0.104. The van der Waals surface area contributed by atoms with Crippen molar-refractivity contribution in [2.75, 3.05) is 37.7 Å². The van der Waals surface area contributed by atoms with Crippen LogP contribution in [0.3, 0.4) is 0 Å². The van der Waals surface area contributed by atoms with E-state index < -0.39 is 5.82 Å². The van der Waals surface area contributed by atoms with Gasteiger partial charge in [-0.2, -0.15) is 9.97 Å². The number of nitrogens with two attached hydrogens (primary N) is 1. The van der Waals surface area contributed by atoms with E-state index in [0.717, 1.165) is 56.1 Å². The van der Waals surface area contributed by atoms with E-state index in [9.17, 15) is 5.11 Å². The monoisotopic (exact) mass is 528 g/mol. The number of ether oxygens (including phenoxy) is 1. The topological polar surface area (TPSA) is 101 Å². The molecule has 3 aliphatic heterocycles. The number of aromatic hydroxyl groups is 1. The SMILES string of the molecule is N[C@H]1CCCN(c2nc(OCC34CCCN3CCC4)nc3c(F)c(-c4cc(O)cc5ccccc45)ncc23)C1. The lowest BCUT2D eigenvalue weighted by molar-refractivity contribution is 0.108. The van der Waals surface area contributed by atoms with Crippen LogP contribution < -0.4 is 15.4 Å². The highest BCUT2D eigenvalue weighted by atomic mass is 19.1. The number of benzene rings is 2. The van der Waals surface area contributed by atoms with E-state index in [1.54, 1.807) is 18.3 Å². The fraction of sp³-hybridized carbons (Fsp3) is 0.433. The minimum atomic E-state index is -0.556. The Kier molecular flexibility index (Phi) is 6.01. The van der Waals surface area contributed by atoms with Gasteiger partial charge in [-0.25, -0.2) is 4.39 Å². The third kappa shape index (κ3) is 4.24. The molecule has 2 aromatic heterocycles. The first-order chi connectivity index (χ1) is 19.0. The Labute approximate surface area is 226 Å². The first-order valence-corrected chi connectivity index (χ1v) is 14.0. The summed E-state index contributed by atoms with van der Waals surface area (Å²) in [5.41, 5.74) is 7.14. The van der Waals surface area contributed by atoms with Gasteiger partial charge in [-0.1, -0.05) is 24.3 Å². The van der Waals surface area contributed by atoms with Crippen LogP contribution in [0.15, 0.2) is 42.6 Å². The van der Waals surface area contributed by atoms with Crippen LogP contribution in [0, 0.1) is 5.82 Å². The molecule has 0 saturated carbocycles. The van der Waals surface area contributed by atoms with Gasteiger partial charge in [-0.3, -0.25) is 9.88 Å². The van der Waals surface area contributed by atoms with Gasteiger partial charge in [0.15, 0.2) is 5.82 Å². The predicted molar refractivity (Wildman–Crippen MR) is 150 cm³/mol. The molecule has 1 atom stereocenters. The molecule has 0 amide bonds. The van der Waals surface area contributed by atoms with Gasteiger partial charge in [-0.05, 0) is 74.5 Å². The highest BCUT2D eigenvalue weighted by Crippen LogP contribution is 2.40. The van der Waals surface area contributed by atoms with Gasteiger partial charge in [0.25, 0.3) is 0 Å². The van der Waals surface area contributed by atoms with E-state index in [1.165, 1.54) is 12.8 Å². The summed E-state index contributed by atoms with van der Waals surface area (Å²) < 4.78 is 22.7. The van der Waals surface area contributed by atoms with Crippen molar-refractivity contribution < 1.29 is 14.2 Å². The van der Waals surface area contributed by atoms with E-state index in [-0.39, 0.29) is 34.6 Å². The van der Waals surface area contributed by atoms with E-state index >= 15 is 4.39 Å². The number of phenols is 1.